The molecule has 1 amide bonds. The third-order valence-corrected chi connectivity index (χ3v) is 4.63. The van der Waals surface area contributed by atoms with Crippen molar-refractivity contribution in [2.45, 2.75) is 12.8 Å². The molecule has 6 heteroatoms. The lowest BCUT2D eigenvalue weighted by molar-refractivity contribution is 0.0932. The highest BCUT2D eigenvalue weighted by Gasteiger charge is 2.19. The van der Waals surface area contributed by atoms with E-state index < -0.39 is 0 Å². The van der Waals surface area contributed by atoms with E-state index in [-0.39, 0.29) is 18.1 Å². The fourth-order valence-electron chi connectivity index (χ4n) is 3.32. The number of piperidine rings is 1. The summed E-state index contributed by atoms with van der Waals surface area (Å²) >= 11 is 0. The van der Waals surface area contributed by atoms with E-state index in [1.165, 1.54) is 6.20 Å². The lowest BCUT2D eigenvalue weighted by Crippen LogP contribution is -2.41. The minimum atomic E-state index is -0.189. The molecule has 2 aromatic rings. The van der Waals surface area contributed by atoms with Gasteiger partial charge in [0.15, 0.2) is 0 Å². The Balaban J connectivity index is 1.62. The van der Waals surface area contributed by atoms with Gasteiger partial charge in [0.25, 0.3) is 11.5 Å². The van der Waals surface area contributed by atoms with Gasteiger partial charge < -0.3 is 20.3 Å². The second-order valence-corrected chi connectivity index (χ2v) is 6.32. The van der Waals surface area contributed by atoms with Gasteiger partial charge in [0.05, 0.1) is 5.56 Å². The monoisotopic (exact) mass is 329 g/mol. The maximum absolute atomic E-state index is 12.4. The zero-order valence-corrected chi connectivity index (χ0v) is 13.6. The highest BCUT2D eigenvalue weighted by atomic mass is 16.3. The van der Waals surface area contributed by atoms with E-state index in [1.807, 2.05) is 6.07 Å². The summed E-state index contributed by atoms with van der Waals surface area (Å²) < 4.78 is 0. The number of fused-ring (bicyclic) bond motifs is 1. The molecule has 1 aliphatic rings. The topological polar surface area (TPSA) is 85.4 Å². The standard InChI is InChI=1S/C18H23N3O3/c22-12-13-4-3-8-21(11-13)9-7-19-18(24)16-10-20-17(23)15-6-2-1-5-14(15)16/h1-2,5-6,10,13,22H,3-4,7-9,11-12H2,(H,19,24)(H,20,23)/t13-/m1/s1. The van der Waals surface area contributed by atoms with Gasteiger partial charge in [0, 0.05) is 43.2 Å². The zero-order valence-electron chi connectivity index (χ0n) is 13.6. The Morgan fingerprint density at radius 1 is 1.33 bits per heavy atom. The number of amides is 1. The summed E-state index contributed by atoms with van der Waals surface area (Å²) in [7, 11) is 0. The van der Waals surface area contributed by atoms with E-state index in [2.05, 4.69) is 15.2 Å². The SMILES string of the molecule is O=C(NCCN1CCC[C@@H](CO)C1)c1c[nH]c(=O)c2ccccc12. The molecule has 0 saturated carbocycles. The fourth-order valence-corrected chi connectivity index (χ4v) is 3.32. The van der Waals surface area contributed by atoms with Crippen LogP contribution >= 0.6 is 0 Å². The fraction of sp³-hybridized carbons (Fsp3) is 0.444. The number of carbonyl (C=O) groups excluding carboxylic acids is 1. The number of nitrogens with zero attached hydrogens (tertiary/aromatic N) is 1. The quantitative estimate of drug-likeness (QED) is 0.763. The van der Waals surface area contributed by atoms with Crippen molar-refractivity contribution < 1.29 is 9.90 Å². The van der Waals surface area contributed by atoms with Gasteiger partial charge >= 0.3 is 0 Å². The number of carbonyl (C=O) groups is 1. The highest BCUT2D eigenvalue weighted by Crippen LogP contribution is 2.16. The normalized spacial score (nSPS) is 18.6. The van der Waals surface area contributed by atoms with Crippen LogP contribution in [0.15, 0.2) is 35.3 Å². The number of hydrogen-bond acceptors (Lipinski definition) is 4. The van der Waals surface area contributed by atoms with Crippen LogP contribution in [-0.2, 0) is 0 Å². The van der Waals surface area contributed by atoms with Crippen molar-refractivity contribution in [3.8, 4) is 0 Å². The van der Waals surface area contributed by atoms with Crippen LogP contribution in [0, 0.1) is 5.92 Å². The minimum Gasteiger partial charge on any atom is -0.396 e. The summed E-state index contributed by atoms with van der Waals surface area (Å²) in [6.07, 6.45) is 3.63. The van der Waals surface area contributed by atoms with Gasteiger partial charge in [-0.15, -0.1) is 0 Å². The number of nitrogens with one attached hydrogen (secondary N) is 2. The van der Waals surface area contributed by atoms with Crippen molar-refractivity contribution in [2.24, 2.45) is 5.92 Å². The number of aromatic amines is 1. The predicted octanol–water partition coefficient (Wildman–Crippen LogP) is 0.962. The van der Waals surface area contributed by atoms with Crippen molar-refractivity contribution in [3.05, 3.63) is 46.4 Å². The minimum absolute atomic E-state index is 0.182. The first-order chi connectivity index (χ1) is 11.7. The molecule has 0 aliphatic carbocycles. The first-order valence-electron chi connectivity index (χ1n) is 8.41. The van der Waals surface area contributed by atoms with Crippen LogP contribution in [0.1, 0.15) is 23.2 Å². The summed E-state index contributed by atoms with van der Waals surface area (Å²) in [4.78, 5) is 29.2. The molecular formula is C18H23N3O3. The van der Waals surface area contributed by atoms with Gasteiger partial charge in [0.1, 0.15) is 0 Å². The van der Waals surface area contributed by atoms with Crippen molar-refractivity contribution in [1.29, 1.82) is 0 Å². The number of benzene rings is 1. The third-order valence-electron chi connectivity index (χ3n) is 4.63. The van der Waals surface area contributed by atoms with Crippen molar-refractivity contribution in [2.75, 3.05) is 32.8 Å². The molecule has 0 radical (unpaired) electrons. The van der Waals surface area contributed by atoms with E-state index in [9.17, 15) is 14.7 Å². The Hall–Kier alpha value is -2.18. The van der Waals surface area contributed by atoms with Gasteiger partial charge in [-0.05, 0) is 31.4 Å². The summed E-state index contributed by atoms with van der Waals surface area (Å²) in [5, 5.41) is 13.4. The summed E-state index contributed by atoms with van der Waals surface area (Å²) in [5.41, 5.74) is 0.294. The molecule has 0 unspecified atom stereocenters. The van der Waals surface area contributed by atoms with Crippen molar-refractivity contribution in [1.82, 2.24) is 15.2 Å². The molecule has 1 fully saturated rings. The summed E-state index contributed by atoms with van der Waals surface area (Å²) in [6.45, 7) is 3.43. The van der Waals surface area contributed by atoms with Gasteiger partial charge in [-0.25, -0.2) is 0 Å². The van der Waals surface area contributed by atoms with E-state index in [4.69, 9.17) is 0 Å². The lowest BCUT2D eigenvalue weighted by Gasteiger charge is -2.31. The van der Waals surface area contributed by atoms with Gasteiger partial charge in [-0.1, -0.05) is 18.2 Å². The van der Waals surface area contributed by atoms with Crippen LogP contribution in [0.3, 0.4) is 0 Å². The first kappa shape index (κ1) is 16.7. The Morgan fingerprint density at radius 3 is 2.92 bits per heavy atom. The van der Waals surface area contributed by atoms with Crippen molar-refractivity contribution in [3.63, 3.8) is 0 Å². The lowest BCUT2D eigenvalue weighted by atomic mass is 9.99. The molecule has 0 spiro atoms. The number of likely N-dealkylation sites (tertiary alicyclic amines) is 1. The summed E-state index contributed by atoms with van der Waals surface area (Å²) in [5.74, 6) is 0.163. The van der Waals surface area contributed by atoms with Gasteiger partial charge in [0.2, 0.25) is 0 Å². The molecule has 128 valence electrons. The van der Waals surface area contributed by atoms with Crippen LogP contribution in [0.4, 0.5) is 0 Å². The number of rotatable bonds is 5. The molecule has 0 bridgehead atoms. The summed E-state index contributed by atoms with van der Waals surface area (Å²) in [6, 6.07) is 7.11. The second-order valence-electron chi connectivity index (χ2n) is 6.32. The Kier molecular flexibility index (Phi) is 5.27. The van der Waals surface area contributed by atoms with Crippen molar-refractivity contribution >= 4 is 16.7 Å². The maximum Gasteiger partial charge on any atom is 0.255 e. The highest BCUT2D eigenvalue weighted by molar-refractivity contribution is 6.06. The molecule has 24 heavy (non-hydrogen) atoms. The number of H-pyrrole nitrogens is 1. The third kappa shape index (κ3) is 3.66. The van der Waals surface area contributed by atoms with Gasteiger partial charge in [-0.3, -0.25) is 9.59 Å². The maximum atomic E-state index is 12.4. The molecule has 3 N–H and O–H groups in total. The number of pyridine rings is 1. The van der Waals surface area contributed by atoms with E-state index in [0.717, 1.165) is 32.5 Å². The average molecular weight is 329 g/mol. The molecular weight excluding hydrogens is 306 g/mol. The molecule has 1 saturated heterocycles. The van der Waals surface area contributed by atoms with E-state index >= 15 is 0 Å². The molecule has 3 rings (SSSR count). The zero-order chi connectivity index (χ0) is 16.9. The van der Waals surface area contributed by atoms with Crippen LogP contribution in [0.25, 0.3) is 10.8 Å². The molecule has 2 heterocycles. The number of aliphatic hydroxyl groups is 1. The molecule has 1 aromatic carbocycles. The number of aliphatic hydroxyl groups excluding tert-OH is 1. The molecule has 1 atom stereocenters. The molecule has 1 aliphatic heterocycles. The van der Waals surface area contributed by atoms with Crippen LogP contribution in [0.2, 0.25) is 0 Å². The van der Waals surface area contributed by atoms with E-state index in [1.54, 1.807) is 18.2 Å². The van der Waals surface area contributed by atoms with Gasteiger partial charge in [-0.2, -0.15) is 0 Å². The van der Waals surface area contributed by atoms with Crippen LogP contribution in [0.5, 0.6) is 0 Å². The first-order valence-corrected chi connectivity index (χ1v) is 8.41. The molecule has 6 nitrogen and oxygen atoms in total. The Morgan fingerprint density at radius 2 is 2.12 bits per heavy atom. The van der Waals surface area contributed by atoms with Crippen LogP contribution < -0.4 is 10.9 Å². The largest absolute Gasteiger partial charge is 0.396 e. The second kappa shape index (κ2) is 7.59. The number of aromatic nitrogens is 1. The Bertz CT molecular complexity index is 771. The predicted molar refractivity (Wildman–Crippen MR) is 93.2 cm³/mol. The number of hydrogen-bond donors (Lipinski definition) is 3. The smallest absolute Gasteiger partial charge is 0.255 e. The molecule has 1 aromatic heterocycles. The van der Waals surface area contributed by atoms with Crippen LogP contribution in [-0.4, -0.2) is 53.7 Å². The van der Waals surface area contributed by atoms with E-state index in [0.29, 0.717) is 28.8 Å². The Labute approximate surface area is 140 Å². The average Bonchev–Trinajstić information content (AvgIpc) is 2.62.